The van der Waals surface area contributed by atoms with Crippen molar-refractivity contribution in [1.82, 2.24) is 16.0 Å². The molecule has 0 radical (unpaired) electrons. The molecular weight excluding hydrogens is 346 g/mol. The van der Waals surface area contributed by atoms with Gasteiger partial charge in [0.05, 0.1) is 25.8 Å². The van der Waals surface area contributed by atoms with E-state index in [2.05, 4.69) is 16.0 Å². The Morgan fingerprint density at radius 3 is 2.33 bits per heavy atom. The molecule has 2 rings (SSSR count). The van der Waals surface area contributed by atoms with E-state index in [0.29, 0.717) is 5.76 Å². The molecular formula is C20H25N3O4. The SMILES string of the molecule is CC(C)C(NC(=O)Cc1ccccc1)C(=O)NCC(=O)NCc1ccco1. The number of carbonyl (C=O) groups is 3. The summed E-state index contributed by atoms with van der Waals surface area (Å²) < 4.78 is 5.12. The molecule has 0 saturated heterocycles. The Morgan fingerprint density at radius 1 is 0.963 bits per heavy atom. The molecule has 0 saturated carbocycles. The van der Waals surface area contributed by atoms with E-state index in [-0.39, 0.29) is 43.1 Å². The number of furan rings is 1. The lowest BCUT2D eigenvalue weighted by Gasteiger charge is -2.21. The largest absolute Gasteiger partial charge is 0.467 e. The normalized spacial score (nSPS) is 11.7. The van der Waals surface area contributed by atoms with Gasteiger partial charge in [-0.25, -0.2) is 0 Å². The minimum absolute atomic E-state index is 0.115. The standard InChI is InChI=1S/C20H25N3O4/c1-14(2)19(23-17(24)11-15-7-4-3-5-8-15)20(26)22-13-18(25)21-12-16-9-6-10-27-16/h3-10,14,19H,11-13H2,1-2H3,(H,21,25)(H,22,26)(H,23,24). The Labute approximate surface area is 158 Å². The number of amides is 3. The van der Waals surface area contributed by atoms with Crippen molar-refractivity contribution in [2.24, 2.45) is 5.92 Å². The van der Waals surface area contributed by atoms with E-state index >= 15 is 0 Å². The first kappa shape index (κ1) is 20.2. The highest BCUT2D eigenvalue weighted by atomic mass is 16.3. The molecule has 0 aliphatic heterocycles. The summed E-state index contributed by atoms with van der Waals surface area (Å²) in [4.78, 5) is 36.5. The van der Waals surface area contributed by atoms with Crippen molar-refractivity contribution >= 4 is 17.7 Å². The first-order chi connectivity index (χ1) is 13.0. The monoisotopic (exact) mass is 371 g/mol. The highest BCUT2D eigenvalue weighted by Crippen LogP contribution is 2.04. The number of hydrogen-bond donors (Lipinski definition) is 3. The summed E-state index contributed by atoms with van der Waals surface area (Å²) in [5, 5.41) is 7.96. The Hall–Kier alpha value is -3.09. The predicted molar refractivity (Wildman–Crippen MR) is 100 cm³/mol. The third kappa shape index (κ3) is 6.97. The molecule has 3 amide bonds. The van der Waals surface area contributed by atoms with Crippen LogP contribution in [0.4, 0.5) is 0 Å². The molecule has 0 bridgehead atoms. The van der Waals surface area contributed by atoms with Crippen LogP contribution in [0.2, 0.25) is 0 Å². The van der Waals surface area contributed by atoms with Crippen LogP contribution < -0.4 is 16.0 Å². The lowest BCUT2D eigenvalue weighted by Crippen LogP contribution is -2.51. The molecule has 0 spiro atoms. The highest BCUT2D eigenvalue weighted by Gasteiger charge is 2.24. The third-order valence-electron chi connectivity index (χ3n) is 3.94. The van der Waals surface area contributed by atoms with Crippen molar-refractivity contribution in [2.75, 3.05) is 6.54 Å². The van der Waals surface area contributed by atoms with Gasteiger partial charge in [-0.05, 0) is 23.6 Å². The van der Waals surface area contributed by atoms with Gasteiger partial charge < -0.3 is 20.4 Å². The molecule has 144 valence electrons. The smallest absolute Gasteiger partial charge is 0.243 e. The summed E-state index contributed by atoms with van der Waals surface area (Å²) in [6.45, 7) is 3.76. The fourth-order valence-electron chi connectivity index (χ4n) is 2.48. The van der Waals surface area contributed by atoms with Crippen molar-refractivity contribution < 1.29 is 18.8 Å². The molecule has 1 heterocycles. The second-order valence-corrected chi connectivity index (χ2v) is 6.53. The van der Waals surface area contributed by atoms with Crippen LogP contribution in [0.3, 0.4) is 0 Å². The quantitative estimate of drug-likeness (QED) is 0.620. The van der Waals surface area contributed by atoms with Gasteiger partial charge in [-0.1, -0.05) is 44.2 Å². The minimum atomic E-state index is -0.709. The van der Waals surface area contributed by atoms with Gasteiger partial charge >= 0.3 is 0 Å². The molecule has 1 unspecified atom stereocenters. The van der Waals surface area contributed by atoms with E-state index in [9.17, 15) is 14.4 Å². The van der Waals surface area contributed by atoms with Crippen LogP contribution in [0.5, 0.6) is 0 Å². The second kappa shape index (κ2) is 10.2. The number of nitrogens with one attached hydrogen (secondary N) is 3. The molecule has 1 atom stereocenters. The van der Waals surface area contributed by atoms with E-state index in [1.54, 1.807) is 12.1 Å². The van der Waals surface area contributed by atoms with Gasteiger partial charge in [-0.2, -0.15) is 0 Å². The van der Waals surface area contributed by atoms with Crippen LogP contribution in [0, 0.1) is 5.92 Å². The van der Waals surface area contributed by atoms with E-state index < -0.39 is 6.04 Å². The Balaban J connectivity index is 1.79. The first-order valence-electron chi connectivity index (χ1n) is 8.85. The second-order valence-electron chi connectivity index (χ2n) is 6.53. The van der Waals surface area contributed by atoms with Crippen molar-refractivity contribution in [1.29, 1.82) is 0 Å². The molecule has 2 aromatic rings. The van der Waals surface area contributed by atoms with E-state index in [1.807, 2.05) is 44.2 Å². The molecule has 0 fully saturated rings. The molecule has 3 N–H and O–H groups in total. The lowest BCUT2D eigenvalue weighted by molar-refractivity contribution is -0.131. The van der Waals surface area contributed by atoms with Gasteiger partial charge in [0, 0.05) is 0 Å². The molecule has 27 heavy (non-hydrogen) atoms. The molecule has 1 aromatic carbocycles. The first-order valence-corrected chi connectivity index (χ1v) is 8.85. The van der Waals surface area contributed by atoms with E-state index in [4.69, 9.17) is 4.42 Å². The van der Waals surface area contributed by atoms with Gasteiger partial charge in [0.25, 0.3) is 0 Å². The molecule has 7 heteroatoms. The van der Waals surface area contributed by atoms with Gasteiger partial charge in [0.15, 0.2) is 0 Å². The zero-order valence-corrected chi connectivity index (χ0v) is 15.5. The molecule has 0 aliphatic rings. The summed E-state index contributed by atoms with van der Waals surface area (Å²) in [6, 6.07) is 12.1. The maximum atomic E-state index is 12.4. The van der Waals surface area contributed by atoms with Crippen molar-refractivity contribution in [3.05, 3.63) is 60.1 Å². The summed E-state index contributed by atoms with van der Waals surface area (Å²) >= 11 is 0. The summed E-state index contributed by atoms with van der Waals surface area (Å²) in [5.41, 5.74) is 0.871. The van der Waals surface area contributed by atoms with Crippen molar-refractivity contribution in [3.8, 4) is 0 Å². The zero-order chi connectivity index (χ0) is 19.6. The van der Waals surface area contributed by atoms with Gasteiger partial charge in [-0.3, -0.25) is 14.4 Å². The molecule has 0 aliphatic carbocycles. The van der Waals surface area contributed by atoms with Crippen LogP contribution in [0.25, 0.3) is 0 Å². The van der Waals surface area contributed by atoms with Gasteiger partial charge in [0.2, 0.25) is 17.7 Å². The topological polar surface area (TPSA) is 100 Å². The van der Waals surface area contributed by atoms with E-state index in [0.717, 1.165) is 5.56 Å². The van der Waals surface area contributed by atoms with Crippen molar-refractivity contribution in [2.45, 2.75) is 32.9 Å². The number of benzene rings is 1. The Bertz CT molecular complexity index is 742. The molecule has 1 aromatic heterocycles. The van der Waals surface area contributed by atoms with Crippen LogP contribution in [-0.2, 0) is 27.3 Å². The predicted octanol–water partition coefficient (Wildman–Crippen LogP) is 1.40. The lowest BCUT2D eigenvalue weighted by atomic mass is 10.0. The van der Waals surface area contributed by atoms with Crippen LogP contribution >= 0.6 is 0 Å². The van der Waals surface area contributed by atoms with Crippen LogP contribution in [0.1, 0.15) is 25.2 Å². The number of rotatable bonds is 9. The fraction of sp³-hybridized carbons (Fsp3) is 0.350. The fourth-order valence-corrected chi connectivity index (χ4v) is 2.48. The third-order valence-corrected chi connectivity index (χ3v) is 3.94. The maximum absolute atomic E-state index is 12.4. The number of hydrogen-bond acceptors (Lipinski definition) is 4. The minimum Gasteiger partial charge on any atom is -0.467 e. The van der Waals surface area contributed by atoms with Crippen LogP contribution in [0.15, 0.2) is 53.1 Å². The summed E-state index contributed by atoms with van der Waals surface area (Å²) in [5.74, 6) is -0.450. The number of carbonyl (C=O) groups excluding carboxylic acids is 3. The van der Waals surface area contributed by atoms with Gasteiger partial charge in [0.1, 0.15) is 11.8 Å². The molecule has 7 nitrogen and oxygen atoms in total. The van der Waals surface area contributed by atoms with E-state index in [1.165, 1.54) is 6.26 Å². The average Bonchev–Trinajstić information content (AvgIpc) is 3.16. The van der Waals surface area contributed by atoms with Crippen LogP contribution in [-0.4, -0.2) is 30.3 Å². The Kier molecular flexibility index (Phi) is 7.61. The Morgan fingerprint density at radius 2 is 1.70 bits per heavy atom. The summed E-state index contributed by atoms with van der Waals surface area (Å²) in [7, 11) is 0. The van der Waals surface area contributed by atoms with Crippen molar-refractivity contribution in [3.63, 3.8) is 0 Å². The highest BCUT2D eigenvalue weighted by molar-refractivity contribution is 5.91. The average molecular weight is 371 g/mol. The maximum Gasteiger partial charge on any atom is 0.243 e. The van der Waals surface area contributed by atoms with Gasteiger partial charge in [-0.15, -0.1) is 0 Å². The zero-order valence-electron chi connectivity index (χ0n) is 15.5. The summed E-state index contributed by atoms with van der Waals surface area (Å²) in [6.07, 6.45) is 1.72.